The second-order valence-corrected chi connectivity index (χ2v) is 8.36. The molecule has 0 fully saturated rings. The zero-order chi connectivity index (χ0) is 19.4. The minimum absolute atomic E-state index is 0.129. The molecule has 2 aromatic rings. The first-order valence-corrected chi connectivity index (χ1v) is 10.6. The Morgan fingerprint density at radius 1 is 1.33 bits per heavy atom. The van der Waals surface area contributed by atoms with Crippen molar-refractivity contribution in [1.29, 1.82) is 0 Å². The lowest BCUT2D eigenvalue weighted by atomic mass is 9.95. The van der Waals surface area contributed by atoms with Gasteiger partial charge in [0.05, 0.1) is 17.7 Å². The molecule has 1 amide bonds. The summed E-state index contributed by atoms with van der Waals surface area (Å²) < 4.78 is 5.92. The third-order valence-electron chi connectivity index (χ3n) is 4.07. The third-order valence-corrected chi connectivity index (χ3v) is 5.92. The van der Waals surface area contributed by atoms with Gasteiger partial charge in [0.25, 0.3) is 5.91 Å². The largest absolute Gasteiger partial charge is 0.462 e. The molecule has 3 rings (SSSR count). The topological polar surface area (TPSA) is 80.3 Å². The molecule has 2 N–H and O–H groups in total. The van der Waals surface area contributed by atoms with Crippen LogP contribution in [0.2, 0.25) is 0 Å². The van der Waals surface area contributed by atoms with Crippen molar-refractivity contribution in [2.45, 2.75) is 32.6 Å². The molecule has 1 aliphatic rings. The number of nitrogens with one attached hydrogen (secondary N) is 2. The highest BCUT2D eigenvalue weighted by Crippen LogP contribution is 2.38. The Bertz CT molecular complexity index is 898. The molecular formula is C18H18BrN3O3S2. The predicted octanol–water partition coefficient (Wildman–Crippen LogP) is 4.09. The molecule has 0 spiro atoms. The summed E-state index contributed by atoms with van der Waals surface area (Å²) in [6.07, 6.45) is 6.99. The minimum Gasteiger partial charge on any atom is -0.462 e. The number of esters is 1. The van der Waals surface area contributed by atoms with Gasteiger partial charge in [-0.25, -0.2) is 4.79 Å². The number of aromatic nitrogens is 1. The van der Waals surface area contributed by atoms with Crippen LogP contribution in [0.1, 0.15) is 50.9 Å². The molecule has 0 radical (unpaired) electrons. The summed E-state index contributed by atoms with van der Waals surface area (Å²) >= 11 is 10.1. The van der Waals surface area contributed by atoms with E-state index in [0.717, 1.165) is 31.2 Å². The van der Waals surface area contributed by atoms with Gasteiger partial charge < -0.3 is 10.1 Å². The Balaban J connectivity index is 1.78. The molecule has 0 saturated carbocycles. The number of rotatable bonds is 4. The number of thiocarbonyl (C=S) groups is 1. The molecule has 0 aromatic carbocycles. The average Bonchev–Trinajstić information content (AvgIpc) is 2.99. The molecule has 9 heteroatoms. The average molecular weight is 468 g/mol. The second kappa shape index (κ2) is 8.90. The number of aryl methyl sites for hydroxylation is 1. The standard InChI is InChI=1S/C18H18BrN3O3S2/c1-2-25-17(24)14-12-5-3-4-6-13(12)27-16(14)22-18(26)21-15(23)10-7-11(19)9-20-8-10/h7-9H,2-6H2,1H3,(H2,21,22,23,26). The molecule has 2 heterocycles. The maximum atomic E-state index is 12.5. The van der Waals surface area contributed by atoms with Crippen LogP contribution in [0.3, 0.4) is 0 Å². The van der Waals surface area contributed by atoms with Gasteiger partial charge in [0, 0.05) is 21.7 Å². The Labute approximate surface area is 174 Å². The molecule has 142 valence electrons. The van der Waals surface area contributed by atoms with Crippen molar-refractivity contribution in [3.8, 4) is 0 Å². The molecule has 0 saturated heterocycles. The number of hydrogen-bond acceptors (Lipinski definition) is 6. The van der Waals surface area contributed by atoms with E-state index in [1.165, 1.54) is 22.4 Å². The van der Waals surface area contributed by atoms with Crippen molar-refractivity contribution >= 4 is 61.5 Å². The number of hydrogen-bond donors (Lipinski definition) is 2. The highest BCUT2D eigenvalue weighted by atomic mass is 79.9. The van der Waals surface area contributed by atoms with Crippen LogP contribution in [0, 0.1) is 0 Å². The summed E-state index contributed by atoms with van der Waals surface area (Å²) in [5, 5.41) is 6.38. The molecule has 0 bridgehead atoms. The Kier molecular flexibility index (Phi) is 6.56. The number of anilines is 1. The van der Waals surface area contributed by atoms with Gasteiger partial charge in [0.1, 0.15) is 5.00 Å². The van der Waals surface area contributed by atoms with Crippen LogP contribution in [0.15, 0.2) is 22.9 Å². The fourth-order valence-corrected chi connectivity index (χ4v) is 4.82. The summed E-state index contributed by atoms with van der Waals surface area (Å²) in [6, 6.07) is 1.65. The quantitative estimate of drug-likeness (QED) is 0.520. The van der Waals surface area contributed by atoms with Gasteiger partial charge in [-0.15, -0.1) is 11.3 Å². The summed E-state index contributed by atoms with van der Waals surface area (Å²) in [5.74, 6) is -0.731. The van der Waals surface area contributed by atoms with Crippen molar-refractivity contribution in [3.63, 3.8) is 0 Å². The number of ether oxygens (including phenoxy) is 1. The Morgan fingerprint density at radius 2 is 2.11 bits per heavy atom. The van der Waals surface area contributed by atoms with Gasteiger partial charge in [-0.1, -0.05) is 0 Å². The summed E-state index contributed by atoms with van der Waals surface area (Å²) in [6.45, 7) is 2.08. The predicted molar refractivity (Wildman–Crippen MR) is 113 cm³/mol. The van der Waals surface area contributed by atoms with Crippen molar-refractivity contribution < 1.29 is 14.3 Å². The lowest BCUT2D eigenvalue weighted by molar-refractivity contribution is 0.0526. The number of carbonyl (C=O) groups is 2. The van der Waals surface area contributed by atoms with Gasteiger partial charge in [0.2, 0.25) is 0 Å². The minimum atomic E-state index is -0.375. The van der Waals surface area contributed by atoms with Crippen LogP contribution in [0.25, 0.3) is 0 Å². The lowest BCUT2D eigenvalue weighted by Crippen LogP contribution is -2.34. The Morgan fingerprint density at radius 3 is 2.85 bits per heavy atom. The van der Waals surface area contributed by atoms with E-state index in [-0.39, 0.29) is 17.0 Å². The first-order chi connectivity index (χ1) is 13.0. The fourth-order valence-electron chi connectivity index (χ4n) is 2.92. The van der Waals surface area contributed by atoms with Gasteiger partial charge in [0.15, 0.2) is 5.11 Å². The van der Waals surface area contributed by atoms with Gasteiger partial charge >= 0.3 is 5.97 Å². The number of carbonyl (C=O) groups excluding carboxylic acids is 2. The van der Waals surface area contributed by atoms with E-state index in [0.29, 0.717) is 27.2 Å². The molecule has 0 unspecified atom stereocenters. The summed E-state index contributed by atoms with van der Waals surface area (Å²) in [7, 11) is 0. The highest BCUT2D eigenvalue weighted by molar-refractivity contribution is 9.10. The number of nitrogens with zero attached hydrogens (tertiary/aromatic N) is 1. The molecule has 27 heavy (non-hydrogen) atoms. The van der Waals surface area contributed by atoms with Crippen LogP contribution in [-0.4, -0.2) is 28.6 Å². The van der Waals surface area contributed by atoms with Crippen LogP contribution >= 0.6 is 39.5 Å². The van der Waals surface area contributed by atoms with Crippen LogP contribution in [0.4, 0.5) is 5.00 Å². The number of halogens is 1. The van der Waals surface area contributed by atoms with Gasteiger partial charge in [-0.3, -0.25) is 15.1 Å². The van der Waals surface area contributed by atoms with Crippen molar-refractivity contribution in [3.05, 3.63) is 44.5 Å². The maximum Gasteiger partial charge on any atom is 0.341 e. The molecule has 2 aromatic heterocycles. The number of fused-ring (bicyclic) bond motifs is 1. The van der Waals surface area contributed by atoms with Gasteiger partial charge in [-0.2, -0.15) is 0 Å². The summed E-state index contributed by atoms with van der Waals surface area (Å²) in [4.78, 5) is 29.9. The highest BCUT2D eigenvalue weighted by Gasteiger charge is 2.27. The second-order valence-electron chi connectivity index (χ2n) is 5.94. The van der Waals surface area contributed by atoms with E-state index >= 15 is 0 Å². The van der Waals surface area contributed by atoms with Gasteiger partial charge in [-0.05, 0) is 72.4 Å². The van der Waals surface area contributed by atoms with E-state index in [1.807, 2.05) is 0 Å². The van der Waals surface area contributed by atoms with Crippen LogP contribution < -0.4 is 10.6 Å². The molecule has 0 atom stereocenters. The number of pyridine rings is 1. The van der Waals surface area contributed by atoms with Crippen LogP contribution in [-0.2, 0) is 17.6 Å². The fraction of sp³-hybridized carbons (Fsp3) is 0.333. The van der Waals surface area contributed by atoms with Crippen molar-refractivity contribution in [1.82, 2.24) is 10.3 Å². The smallest absolute Gasteiger partial charge is 0.341 e. The van der Waals surface area contributed by atoms with Crippen molar-refractivity contribution in [2.24, 2.45) is 0 Å². The van der Waals surface area contributed by atoms with E-state index in [4.69, 9.17) is 17.0 Å². The normalized spacial score (nSPS) is 12.8. The van der Waals surface area contributed by atoms with E-state index in [1.54, 1.807) is 19.2 Å². The zero-order valence-electron chi connectivity index (χ0n) is 14.6. The third kappa shape index (κ3) is 4.72. The van der Waals surface area contributed by atoms with E-state index < -0.39 is 0 Å². The maximum absolute atomic E-state index is 12.5. The SMILES string of the molecule is CCOC(=O)c1c(NC(=S)NC(=O)c2cncc(Br)c2)sc2c1CCCC2. The monoisotopic (exact) mass is 467 g/mol. The van der Waals surface area contributed by atoms with Crippen molar-refractivity contribution in [2.75, 3.05) is 11.9 Å². The summed E-state index contributed by atoms with van der Waals surface area (Å²) in [5.41, 5.74) is 1.96. The first kappa shape index (κ1) is 19.9. The molecule has 0 aliphatic heterocycles. The lowest BCUT2D eigenvalue weighted by Gasteiger charge is -2.13. The zero-order valence-corrected chi connectivity index (χ0v) is 17.9. The Hall–Kier alpha value is -1.84. The van der Waals surface area contributed by atoms with E-state index in [2.05, 4.69) is 31.5 Å². The van der Waals surface area contributed by atoms with Crippen LogP contribution in [0.5, 0.6) is 0 Å². The first-order valence-electron chi connectivity index (χ1n) is 8.54. The molecular weight excluding hydrogens is 450 g/mol. The molecule has 1 aliphatic carbocycles. The number of amides is 1. The van der Waals surface area contributed by atoms with E-state index in [9.17, 15) is 9.59 Å². The molecule has 6 nitrogen and oxygen atoms in total. The number of thiophene rings is 1.